The van der Waals surface area contributed by atoms with Gasteiger partial charge in [-0.05, 0) is 36.4 Å². The Hall–Kier alpha value is -1.61. The quantitative estimate of drug-likeness (QED) is 0.756. The van der Waals surface area contributed by atoms with Crippen molar-refractivity contribution >= 4 is 21.7 Å². The number of rotatable bonds is 4. The average Bonchev–Trinajstić information content (AvgIpc) is 2.41. The number of ketones is 1. The molecule has 0 aliphatic rings. The minimum Gasteiger partial charge on any atom is -0.457 e. The first kappa shape index (κ1) is 12.8. The first-order valence-corrected chi connectivity index (χ1v) is 6.55. The molecule has 0 heterocycles. The van der Waals surface area contributed by atoms with Crippen molar-refractivity contribution in [3.63, 3.8) is 0 Å². The Morgan fingerprint density at radius 2 is 1.83 bits per heavy atom. The Kier molecular flexibility index (Phi) is 4.15. The normalized spacial score (nSPS) is 10.1. The number of ether oxygens (including phenoxy) is 1. The Bertz CT molecular complexity index is 547. The molecule has 0 saturated carbocycles. The van der Waals surface area contributed by atoms with Crippen molar-refractivity contribution in [3.8, 4) is 11.5 Å². The van der Waals surface area contributed by atoms with Gasteiger partial charge in [0, 0.05) is 16.5 Å². The zero-order valence-corrected chi connectivity index (χ0v) is 11.6. The van der Waals surface area contributed by atoms with Crippen LogP contribution in [0.25, 0.3) is 0 Å². The number of Topliss-reactive ketones (excluding diaryl/α,β-unsaturated/α-hetero) is 1. The second-order valence-electron chi connectivity index (χ2n) is 3.86. The molecule has 0 unspecified atom stereocenters. The molecule has 2 nitrogen and oxygen atoms in total. The maximum absolute atomic E-state index is 11.6. The van der Waals surface area contributed by atoms with E-state index in [0.29, 0.717) is 17.7 Å². The molecule has 18 heavy (non-hydrogen) atoms. The van der Waals surface area contributed by atoms with E-state index < -0.39 is 0 Å². The van der Waals surface area contributed by atoms with E-state index in [1.807, 2.05) is 43.3 Å². The van der Waals surface area contributed by atoms with Crippen LogP contribution in [-0.4, -0.2) is 5.78 Å². The van der Waals surface area contributed by atoms with Crippen molar-refractivity contribution in [2.75, 3.05) is 0 Å². The van der Waals surface area contributed by atoms with Gasteiger partial charge in [-0.15, -0.1) is 0 Å². The summed E-state index contributed by atoms with van der Waals surface area (Å²) in [6.45, 7) is 1.85. The van der Waals surface area contributed by atoms with Gasteiger partial charge in [0.2, 0.25) is 0 Å². The summed E-state index contributed by atoms with van der Waals surface area (Å²) in [5.74, 6) is 1.55. The molecule has 0 aromatic heterocycles. The molecule has 0 amide bonds. The molecule has 0 atom stereocenters. The average molecular weight is 305 g/mol. The van der Waals surface area contributed by atoms with Crippen LogP contribution in [-0.2, 0) is 0 Å². The summed E-state index contributed by atoms with van der Waals surface area (Å²) in [7, 11) is 0. The lowest BCUT2D eigenvalue weighted by atomic mass is 10.1. The number of carbonyl (C=O) groups excluding carboxylic acids is 1. The topological polar surface area (TPSA) is 26.3 Å². The second kappa shape index (κ2) is 5.83. The summed E-state index contributed by atoms with van der Waals surface area (Å²) in [5.41, 5.74) is 0.687. The molecule has 3 heteroatoms. The van der Waals surface area contributed by atoms with E-state index >= 15 is 0 Å². The third kappa shape index (κ3) is 3.20. The van der Waals surface area contributed by atoms with Gasteiger partial charge in [0.25, 0.3) is 0 Å². The van der Waals surface area contributed by atoms with E-state index in [0.717, 1.165) is 10.2 Å². The summed E-state index contributed by atoms with van der Waals surface area (Å²) in [6, 6.07) is 14.8. The van der Waals surface area contributed by atoms with Gasteiger partial charge in [-0.1, -0.05) is 35.0 Å². The number of hydrogen-bond acceptors (Lipinski definition) is 2. The number of hydrogen-bond donors (Lipinski definition) is 0. The van der Waals surface area contributed by atoms with E-state index in [1.165, 1.54) is 0 Å². The molecular weight excluding hydrogens is 292 g/mol. The Morgan fingerprint density at radius 3 is 2.50 bits per heavy atom. The van der Waals surface area contributed by atoms with Crippen LogP contribution in [0, 0.1) is 0 Å². The first-order chi connectivity index (χ1) is 8.69. The van der Waals surface area contributed by atoms with Gasteiger partial charge in [0.15, 0.2) is 5.78 Å². The van der Waals surface area contributed by atoms with Gasteiger partial charge < -0.3 is 4.74 Å². The summed E-state index contributed by atoms with van der Waals surface area (Å²) >= 11 is 3.37. The van der Waals surface area contributed by atoms with Crippen molar-refractivity contribution in [1.82, 2.24) is 0 Å². The maximum atomic E-state index is 11.6. The molecule has 0 bridgehead atoms. The van der Waals surface area contributed by atoms with Crippen LogP contribution >= 0.6 is 15.9 Å². The van der Waals surface area contributed by atoms with Crippen molar-refractivity contribution in [1.29, 1.82) is 0 Å². The molecule has 0 saturated heterocycles. The summed E-state index contributed by atoms with van der Waals surface area (Å²) in [5, 5.41) is 0. The zero-order valence-electron chi connectivity index (χ0n) is 10.0. The molecule has 2 aromatic carbocycles. The van der Waals surface area contributed by atoms with Crippen molar-refractivity contribution in [2.24, 2.45) is 0 Å². The van der Waals surface area contributed by atoms with Gasteiger partial charge in [-0.2, -0.15) is 0 Å². The highest BCUT2D eigenvalue weighted by Crippen LogP contribution is 2.24. The molecule has 92 valence electrons. The first-order valence-electron chi connectivity index (χ1n) is 5.75. The van der Waals surface area contributed by atoms with E-state index in [2.05, 4.69) is 15.9 Å². The van der Waals surface area contributed by atoms with Crippen LogP contribution < -0.4 is 4.74 Å². The predicted molar refractivity (Wildman–Crippen MR) is 75.3 cm³/mol. The minimum absolute atomic E-state index is 0.122. The molecule has 0 spiro atoms. The number of benzene rings is 2. The summed E-state index contributed by atoms with van der Waals surface area (Å²) in [4.78, 5) is 11.6. The van der Waals surface area contributed by atoms with Crippen LogP contribution in [0.5, 0.6) is 11.5 Å². The molecule has 0 fully saturated rings. The van der Waals surface area contributed by atoms with Crippen LogP contribution in [0.15, 0.2) is 53.0 Å². The zero-order chi connectivity index (χ0) is 13.0. The third-order valence-electron chi connectivity index (χ3n) is 2.53. The number of carbonyl (C=O) groups is 1. The lowest BCUT2D eigenvalue weighted by Gasteiger charge is -2.07. The van der Waals surface area contributed by atoms with Gasteiger partial charge in [0.1, 0.15) is 11.5 Å². The second-order valence-corrected chi connectivity index (χ2v) is 4.78. The van der Waals surface area contributed by atoms with E-state index in [-0.39, 0.29) is 5.78 Å². The highest BCUT2D eigenvalue weighted by atomic mass is 79.9. The molecule has 2 rings (SSSR count). The minimum atomic E-state index is 0.122. The summed E-state index contributed by atoms with van der Waals surface area (Å²) < 4.78 is 6.70. The van der Waals surface area contributed by atoms with Crippen LogP contribution in [0.3, 0.4) is 0 Å². The van der Waals surface area contributed by atoms with Crippen molar-refractivity contribution in [2.45, 2.75) is 13.3 Å². The highest BCUT2D eigenvalue weighted by molar-refractivity contribution is 9.10. The molecular formula is C15H13BrO2. The van der Waals surface area contributed by atoms with Gasteiger partial charge >= 0.3 is 0 Å². The van der Waals surface area contributed by atoms with E-state index in [1.54, 1.807) is 12.1 Å². The van der Waals surface area contributed by atoms with Crippen LogP contribution in [0.4, 0.5) is 0 Å². The van der Waals surface area contributed by atoms with Gasteiger partial charge in [0.05, 0.1) is 0 Å². The van der Waals surface area contributed by atoms with Crippen LogP contribution in [0.2, 0.25) is 0 Å². The molecule has 0 radical (unpaired) electrons. The fraction of sp³-hybridized carbons (Fsp3) is 0.133. The third-order valence-corrected chi connectivity index (χ3v) is 3.06. The van der Waals surface area contributed by atoms with Crippen molar-refractivity contribution in [3.05, 3.63) is 58.6 Å². The molecule has 0 aliphatic carbocycles. The van der Waals surface area contributed by atoms with Crippen LogP contribution in [0.1, 0.15) is 23.7 Å². The van der Waals surface area contributed by atoms with Crippen molar-refractivity contribution < 1.29 is 9.53 Å². The lowest BCUT2D eigenvalue weighted by Crippen LogP contribution is -1.96. The molecule has 0 N–H and O–H groups in total. The van der Waals surface area contributed by atoms with E-state index in [9.17, 15) is 4.79 Å². The fourth-order valence-corrected chi connectivity index (χ4v) is 1.84. The largest absolute Gasteiger partial charge is 0.457 e. The standard InChI is InChI=1S/C15H13BrO2/c1-2-15(17)11-4-3-5-14(10-11)18-13-8-6-12(16)7-9-13/h3-10H,2H2,1H3. The fourth-order valence-electron chi connectivity index (χ4n) is 1.58. The monoisotopic (exact) mass is 304 g/mol. The Morgan fingerprint density at radius 1 is 1.11 bits per heavy atom. The summed E-state index contributed by atoms with van der Waals surface area (Å²) in [6.07, 6.45) is 0.502. The molecule has 0 aliphatic heterocycles. The SMILES string of the molecule is CCC(=O)c1cccc(Oc2ccc(Br)cc2)c1. The lowest BCUT2D eigenvalue weighted by molar-refractivity contribution is 0.0988. The maximum Gasteiger partial charge on any atom is 0.162 e. The Labute approximate surface area is 115 Å². The Balaban J connectivity index is 2.19. The number of halogens is 1. The van der Waals surface area contributed by atoms with E-state index in [4.69, 9.17) is 4.74 Å². The predicted octanol–water partition coefficient (Wildman–Crippen LogP) is 4.83. The smallest absolute Gasteiger partial charge is 0.162 e. The van der Waals surface area contributed by atoms with Gasteiger partial charge in [-0.25, -0.2) is 0 Å². The highest BCUT2D eigenvalue weighted by Gasteiger charge is 2.04. The molecule has 2 aromatic rings. The van der Waals surface area contributed by atoms with Gasteiger partial charge in [-0.3, -0.25) is 4.79 Å².